The fourth-order valence-corrected chi connectivity index (χ4v) is 2.97. The summed E-state index contributed by atoms with van der Waals surface area (Å²) in [7, 11) is 0. The van der Waals surface area contributed by atoms with Gasteiger partial charge in [-0.25, -0.2) is 0 Å². The molecule has 5 nitrogen and oxygen atoms in total. The van der Waals surface area contributed by atoms with Crippen LogP contribution in [0.3, 0.4) is 0 Å². The first-order valence-corrected chi connectivity index (χ1v) is 7.35. The lowest BCUT2D eigenvalue weighted by molar-refractivity contribution is -0.384. The van der Waals surface area contributed by atoms with E-state index in [-0.39, 0.29) is 10.6 Å². The molecular weight excluding hydrogens is 292 g/mol. The van der Waals surface area contributed by atoms with Crippen LogP contribution < -0.4 is 9.64 Å². The molecule has 23 heavy (non-hydrogen) atoms. The average molecular weight is 306 g/mol. The molecule has 0 radical (unpaired) electrons. The Morgan fingerprint density at radius 2 is 1.91 bits per heavy atom. The lowest BCUT2D eigenvalue weighted by Gasteiger charge is -2.31. The van der Waals surface area contributed by atoms with Gasteiger partial charge < -0.3 is 9.64 Å². The van der Waals surface area contributed by atoms with E-state index in [1.807, 2.05) is 29.2 Å². The number of hydrogen-bond donors (Lipinski definition) is 0. The van der Waals surface area contributed by atoms with Gasteiger partial charge in [-0.1, -0.05) is 36.4 Å². The minimum Gasteiger partial charge on any atom is -0.473 e. The van der Waals surface area contributed by atoms with Crippen molar-refractivity contribution in [1.29, 1.82) is 0 Å². The van der Waals surface area contributed by atoms with Gasteiger partial charge in [0.2, 0.25) is 0 Å². The minimum absolute atomic E-state index is 0.0891. The Bertz CT molecular complexity index is 908. The number of benzene rings is 3. The second-order valence-electron chi connectivity index (χ2n) is 5.51. The first-order chi connectivity index (χ1) is 11.2. The topological polar surface area (TPSA) is 55.6 Å². The van der Waals surface area contributed by atoms with Gasteiger partial charge in [-0.05, 0) is 22.9 Å². The molecule has 0 aliphatic carbocycles. The number of fused-ring (bicyclic) bond motifs is 3. The van der Waals surface area contributed by atoms with Gasteiger partial charge in [0.05, 0.1) is 11.5 Å². The summed E-state index contributed by atoms with van der Waals surface area (Å²) in [5.41, 5.74) is 1.99. The predicted octanol–water partition coefficient (Wildman–Crippen LogP) is 4.10. The van der Waals surface area contributed by atoms with Crippen LogP contribution in [0.25, 0.3) is 10.8 Å². The Morgan fingerprint density at radius 1 is 1.04 bits per heavy atom. The summed E-state index contributed by atoms with van der Waals surface area (Å²) in [5.74, 6) is 0.880. The van der Waals surface area contributed by atoms with E-state index < -0.39 is 0 Å². The maximum absolute atomic E-state index is 11.0. The zero-order valence-electron chi connectivity index (χ0n) is 12.3. The largest absolute Gasteiger partial charge is 0.473 e. The second kappa shape index (κ2) is 5.28. The summed E-state index contributed by atoms with van der Waals surface area (Å²) in [6.07, 6.45) is 0. The number of non-ortho nitro benzene ring substituents is 1. The van der Waals surface area contributed by atoms with Crippen LogP contribution >= 0.6 is 0 Å². The zero-order valence-corrected chi connectivity index (χ0v) is 12.3. The van der Waals surface area contributed by atoms with E-state index in [0.717, 1.165) is 27.8 Å². The molecule has 5 heteroatoms. The van der Waals surface area contributed by atoms with Gasteiger partial charge in [0.25, 0.3) is 5.69 Å². The first kappa shape index (κ1) is 13.6. The highest BCUT2D eigenvalue weighted by atomic mass is 16.6. The summed E-state index contributed by atoms with van der Waals surface area (Å²) in [6.45, 7) is 1.05. The van der Waals surface area contributed by atoms with E-state index in [0.29, 0.717) is 13.3 Å². The number of nitrogens with zero attached hydrogens (tertiary/aromatic N) is 2. The van der Waals surface area contributed by atoms with E-state index >= 15 is 0 Å². The smallest absolute Gasteiger partial charge is 0.271 e. The van der Waals surface area contributed by atoms with Crippen LogP contribution in [0.2, 0.25) is 0 Å². The van der Waals surface area contributed by atoms with Crippen molar-refractivity contribution in [3.63, 3.8) is 0 Å². The number of nitro benzene ring substituents is 1. The summed E-state index contributed by atoms with van der Waals surface area (Å²) in [6, 6.07) is 18.9. The number of ether oxygens (including phenoxy) is 1. The van der Waals surface area contributed by atoms with Gasteiger partial charge in [-0.2, -0.15) is 0 Å². The van der Waals surface area contributed by atoms with Crippen LogP contribution in [0.4, 0.5) is 11.4 Å². The van der Waals surface area contributed by atoms with Crippen LogP contribution in [-0.4, -0.2) is 11.7 Å². The molecule has 0 atom stereocenters. The van der Waals surface area contributed by atoms with Gasteiger partial charge in [0, 0.05) is 23.4 Å². The van der Waals surface area contributed by atoms with Crippen molar-refractivity contribution in [2.45, 2.75) is 6.54 Å². The van der Waals surface area contributed by atoms with E-state index in [1.165, 1.54) is 6.07 Å². The highest BCUT2D eigenvalue weighted by molar-refractivity contribution is 5.88. The summed E-state index contributed by atoms with van der Waals surface area (Å²) in [5, 5.41) is 13.3. The van der Waals surface area contributed by atoms with E-state index in [9.17, 15) is 10.1 Å². The lowest BCUT2D eigenvalue weighted by atomic mass is 10.0. The molecule has 114 valence electrons. The molecule has 0 amide bonds. The van der Waals surface area contributed by atoms with Gasteiger partial charge in [-0.15, -0.1) is 0 Å². The molecule has 1 aliphatic rings. The van der Waals surface area contributed by atoms with Crippen molar-refractivity contribution in [2.24, 2.45) is 0 Å². The monoisotopic (exact) mass is 306 g/mol. The molecule has 0 spiro atoms. The fraction of sp³-hybridized carbons (Fsp3) is 0.111. The maximum Gasteiger partial charge on any atom is 0.271 e. The summed E-state index contributed by atoms with van der Waals surface area (Å²) >= 11 is 0. The Kier molecular flexibility index (Phi) is 3.12. The molecule has 3 aromatic carbocycles. The van der Waals surface area contributed by atoms with Crippen molar-refractivity contribution in [1.82, 2.24) is 0 Å². The molecule has 0 saturated heterocycles. The molecule has 1 heterocycles. The Labute approximate surface area is 132 Å². The molecule has 0 saturated carbocycles. The van der Waals surface area contributed by atoms with E-state index in [2.05, 4.69) is 18.2 Å². The number of anilines is 1. The van der Waals surface area contributed by atoms with Crippen LogP contribution in [0.1, 0.15) is 5.56 Å². The molecule has 1 aliphatic heterocycles. The average Bonchev–Trinajstić information content (AvgIpc) is 2.61. The van der Waals surface area contributed by atoms with Crippen LogP contribution in [-0.2, 0) is 6.54 Å². The van der Waals surface area contributed by atoms with Gasteiger partial charge in [-0.3, -0.25) is 10.1 Å². The Balaban J connectivity index is 1.75. The summed E-state index contributed by atoms with van der Waals surface area (Å²) < 4.78 is 5.86. The molecule has 0 unspecified atom stereocenters. The predicted molar refractivity (Wildman–Crippen MR) is 88.7 cm³/mol. The molecule has 0 N–H and O–H groups in total. The van der Waals surface area contributed by atoms with E-state index in [1.54, 1.807) is 12.1 Å². The van der Waals surface area contributed by atoms with E-state index in [4.69, 9.17) is 4.74 Å². The van der Waals surface area contributed by atoms with Crippen LogP contribution in [0.15, 0.2) is 60.7 Å². The van der Waals surface area contributed by atoms with Crippen LogP contribution in [0.5, 0.6) is 5.75 Å². The quantitative estimate of drug-likeness (QED) is 0.528. The molecule has 0 bridgehead atoms. The second-order valence-corrected chi connectivity index (χ2v) is 5.51. The van der Waals surface area contributed by atoms with Gasteiger partial charge in [0.15, 0.2) is 6.73 Å². The molecule has 0 fully saturated rings. The number of rotatable bonds is 2. The highest BCUT2D eigenvalue weighted by Gasteiger charge is 2.21. The van der Waals surface area contributed by atoms with Gasteiger partial charge >= 0.3 is 0 Å². The fourth-order valence-electron chi connectivity index (χ4n) is 2.97. The number of hydrogen-bond acceptors (Lipinski definition) is 4. The Hall–Kier alpha value is -3.08. The zero-order chi connectivity index (χ0) is 15.8. The summed E-state index contributed by atoms with van der Waals surface area (Å²) in [4.78, 5) is 12.6. The molecular formula is C18H14N2O3. The van der Waals surface area contributed by atoms with Crippen molar-refractivity contribution in [3.8, 4) is 5.75 Å². The normalized spacial score (nSPS) is 13.5. The first-order valence-electron chi connectivity index (χ1n) is 7.35. The minimum atomic E-state index is -0.377. The third-order valence-electron chi connectivity index (χ3n) is 4.13. The van der Waals surface area contributed by atoms with Crippen molar-refractivity contribution < 1.29 is 9.66 Å². The lowest BCUT2D eigenvalue weighted by Crippen LogP contribution is -2.31. The molecule has 0 aromatic heterocycles. The third kappa shape index (κ3) is 2.36. The van der Waals surface area contributed by atoms with Crippen LogP contribution in [0, 0.1) is 10.1 Å². The third-order valence-corrected chi connectivity index (χ3v) is 4.13. The van der Waals surface area contributed by atoms with Crippen molar-refractivity contribution in [2.75, 3.05) is 11.6 Å². The van der Waals surface area contributed by atoms with Gasteiger partial charge in [0.1, 0.15) is 5.75 Å². The standard InChI is InChI=1S/C18H14N2O3/c21-20(22)15-6-3-5-14(10-15)19-11-17-16-7-2-1-4-13(16)8-9-18(17)23-12-19/h1-10H,11-12H2. The SMILES string of the molecule is O=[N+]([O-])c1cccc(N2COc3ccc4ccccc4c3C2)c1. The number of nitro groups is 1. The molecule has 3 aromatic rings. The maximum atomic E-state index is 11.0. The molecule has 4 rings (SSSR count). The highest BCUT2D eigenvalue weighted by Crippen LogP contribution is 2.34. The Morgan fingerprint density at radius 3 is 2.78 bits per heavy atom. The van der Waals surface area contributed by atoms with Crippen molar-refractivity contribution >= 4 is 22.1 Å². The van der Waals surface area contributed by atoms with Crippen molar-refractivity contribution in [3.05, 3.63) is 76.3 Å².